The maximum atomic E-state index is 11.8. The first-order chi connectivity index (χ1) is 16.5. The number of quaternary nitrogens is 1. The van der Waals surface area contributed by atoms with Gasteiger partial charge < -0.3 is 19.4 Å². The summed E-state index contributed by atoms with van der Waals surface area (Å²) in [7, 11) is 0.977. The van der Waals surface area contributed by atoms with Crippen LogP contribution in [0.5, 0.6) is 0 Å². The molecule has 3 N–H and O–H groups in total. The van der Waals surface area contributed by atoms with Gasteiger partial charge in [-0.25, -0.2) is 0 Å². The van der Waals surface area contributed by atoms with E-state index in [9.17, 15) is 19.5 Å². The molecule has 0 aliphatic heterocycles. The predicted octanol–water partition coefficient (Wildman–Crippen LogP) is 8.10. The second-order valence-corrected chi connectivity index (χ2v) is 13.3. The highest BCUT2D eigenvalue weighted by molar-refractivity contribution is 7.53. The molecule has 0 bridgehead atoms. The molecule has 208 valence electrons. The van der Waals surface area contributed by atoms with E-state index in [4.69, 9.17) is 0 Å². The maximum Gasteiger partial charge on any atom is 0.362 e. The average Bonchev–Trinajstić information content (AvgIpc) is 2.75. The Morgan fingerprint density at radius 3 is 1.34 bits per heavy atom. The lowest BCUT2D eigenvalue weighted by molar-refractivity contribution is -0.875. The van der Waals surface area contributed by atoms with Crippen molar-refractivity contribution in [2.45, 2.75) is 134 Å². The summed E-state index contributed by atoms with van der Waals surface area (Å²) in [6, 6.07) is 0. The van der Waals surface area contributed by atoms with E-state index in [1.54, 1.807) is 0 Å². The van der Waals surface area contributed by atoms with Crippen molar-refractivity contribution in [3.05, 3.63) is 24.3 Å². The van der Waals surface area contributed by atoms with Crippen molar-refractivity contribution in [2.24, 2.45) is 0 Å². The van der Waals surface area contributed by atoms with Crippen molar-refractivity contribution in [1.82, 2.24) is 0 Å². The first-order valence-electron chi connectivity index (χ1n) is 14.4. The monoisotopic (exact) mass is 516 g/mol. The SMILES string of the molecule is CCCC/C=C\CCCC/C=C\CCCCCCCCCCCCC(O)(C[N+](C)(C)C)P(=O)(O)O. The Bertz CT molecular complexity index is 594. The molecule has 35 heavy (non-hydrogen) atoms. The molecule has 0 spiro atoms. The van der Waals surface area contributed by atoms with E-state index in [-0.39, 0.29) is 13.0 Å². The number of hydrogen-bond acceptors (Lipinski definition) is 2. The van der Waals surface area contributed by atoms with Crippen LogP contribution in [0.15, 0.2) is 24.3 Å². The van der Waals surface area contributed by atoms with Crippen LogP contribution in [0.25, 0.3) is 0 Å². The third kappa shape index (κ3) is 21.4. The lowest BCUT2D eigenvalue weighted by atomic mass is 10.0. The molecule has 1 unspecified atom stereocenters. The fraction of sp³-hybridized carbons (Fsp3) is 0.862. The van der Waals surface area contributed by atoms with Crippen LogP contribution < -0.4 is 0 Å². The standard InChI is InChI=1S/C29H58NO4P/c1-5-6-7-8-9-10-11-12-13-14-15-16-17-18-19-20-21-22-23-24-25-26-27-29(31,35(32,33)34)28-30(2,3)4/h8-9,14-15,31H,5-7,10-13,16-28H2,1-4H3,(H-,32,33,34)/p+1/b9-8-,15-14-. The van der Waals surface area contributed by atoms with Crippen molar-refractivity contribution in [3.63, 3.8) is 0 Å². The molecule has 0 rings (SSSR count). The third-order valence-corrected chi connectivity index (χ3v) is 7.97. The average molecular weight is 517 g/mol. The van der Waals surface area contributed by atoms with Gasteiger partial charge >= 0.3 is 7.60 Å². The van der Waals surface area contributed by atoms with Gasteiger partial charge in [0.1, 0.15) is 6.54 Å². The molecule has 0 aliphatic carbocycles. The van der Waals surface area contributed by atoms with E-state index in [0.717, 1.165) is 12.8 Å². The Morgan fingerprint density at radius 1 is 0.629 bits per heavy atom. The normalized spacial score (nSPS) is 14.8. The number of allylic oxidation sites excluding steroid dienone is 4. The van der Waals surface area contributed by atoms with Crippen molar-refractivity contribution in [1.29, 1.82) is 0 Å². The molecule has 0 aromatic rings. The van der Waals surface area contributed by atoms with Crippen LogP contribution in [0.3, 0.4) is 0 Å². The van der Waals surface area contributed by atoms with Gasteiger partial charge in [-0.15, -0.1) is 0 Å². The van der Waals surface area contributed by atoms with Crippen molar-refractivity contribution < 1.29 is 23.9 Å². The van der Waals surface area contributed by atoms with Crippen LogP contribution in [-0.2, 0) is 4.57 Å². The molecule has 0 saturated heterocycles. The largest absolute Gasteiger partial charge is 0.373 e. The zero-order chi connectivity index (χ0) is 26.5. The zero-order valence-electron chi connectivity index (χ0n) is 23.6. The molecule has 0 fully saturated rings. The number of rotatable bonds is 24. The van der Waals surface area contributed by atoms with Gasteiger partial charge in [0.05, 0.1) is 21.1 Å². The van der Waals surface area contributed by atoms with E-state index < -0.39 is 12.9 Å². The van der Waals surface area contributed by atoms with Crippen LogP contribution in [0.1, 0.15) is 129 Å². The van der Waals surface area contributed by atoms with Crippen molar-refractivity contribution in [2.75, 3.05) is 27.7 Å². The molecular weight excluding hydrogens is 457 g/mol. The molecule has 6 heteroatoms. The summed E-state index contributed by atoms with van der Waals surface area (Å²) in [6.07, 6.45) is 31.3. The highest BCUT2D eigenvalue weighted by Crippen LogP contribution is 2.52. The number of likely N-dealkylation sites (N-methyl/N-ethyl adjacent to an activating group) is 1. The van der Waals surface area contributed by atoms with Gasteiger partial charge in [0.25, 0.3) is 0 Å². The number of nitrogens with zero attached hydrogens (tertiary/aromatic N) is 1. The summed E-state index contributed by atoms with van der Waals surface area (Å²) < 4.78 is 12.1. The molecule has 0 saturated carbocycles. The molecule has 0 aliphatic rings. The molecule has 0 aromatic heterocycles. The number of hydrogen-bond donors (Lipinski definition) is 3. The van der Waals surface area contributed by atoms with E-state index in [2.05, 4.69) is 31.2 Å². The highest BCUT2D eigenvalue weighted by Gasteiger charge is 2.48. The predicted molar refractivity (Wildman–Crippen MR) is 152 cm³/mol. The van der Waals surface area contributed by atoms with Gasteiger partial charge in [-0.1, -0.05) is 95.4 Å². The fourth-order valence-electron chi connectivity index (χ4n) is 4.48. The molecule has 5 nitrogen and oxygen atoms in total. The molecule has 0 heterocycles. The summed E-state index contributed by atoms with van der Waals surface area (Å²) >= 11 is 0. The minimum atomic E-state index is -4.55. The Hall–Kier alpha value is -0.450. The molecule has 1 atom stereocenters. The Kier molecular flexibility index (Phi) is 20.3. The van der Waals surface area contributed by atoms with Crippen LogP contribution in [0, 0.1) is 0 Å². The number of aliphatic hydroxyl groups is 1. The molecule has 0 aromatic carbocycles. The van der Waals surface area contributed by atoms with Crippen molar-refractivity contribution in [3.8, 4) is 0 Å². The lowest BCUT2D eigenvalue weighted by Gasteiger charge is -2.35. The number of unbranched alkanes of at least 4 members (excludes halogenated alkanes) is 15. The Morgan fingerprint density at radius 2 is 0.971 bits per heavy atom. The van der Waals surface area contributed by atoms with Crippen molar-refractivity contribution >= 4 is 7.60 Å². The summed E-state index contributed by atoms with van der Waals surface area (Å²) in [6.45, 7) is 2.30. The van der Waals surface area contributed by atoms with Crippen LogP contribution >= 0.6 is 7.60 Å². The van der Waals surface area contributed by atoms with Crippen LogP contribution in [0.2, 0.25) is 0 Å². The van der Waals surface area contributed by atoms with Crippen LogP contribution in [-0.4, -0.2) is 52.4 Å². The highest BCUT2D eigenvalue weighted by atomic mass is 31.2. The maximum absolute atomic E-state index is 11.8. The van der Waals surface area contributed by atoms with Crippen LogP contribution in [0.4, 0.5) is 0 Å². The Labute approximate surface area is 217 Å². The summed E-state index contributed by atoms with van der Waals surface area (Å²) in [5.41, 5.74) is 0. The summed E-state index contributed by atoms with van der Waals surface area (Å²) in [5, 5.41) is 8.65. The molecule has 0 radical (unpaired) electrons. The van der Waals surface area contributed by atoms with E-state index in [0.29, 0.717) is 10.9 Å². The molecular formula is C29H59NO4P+. The van der Waals surface area contributed by atoms with Gasteiger partial charge in [-0.05, 0) is 57.8 Å². The van der Waals surface area contributed by atoms with E-state index in [1.165, 1.54) is 96.3 Å². The van der Waals surface area contributed by atoms with E-state index in [1.807, 2.05) is 21.1 Å². The second kappa shape index (κ2) is 20.6. The quantitative estimate of drug-likeness (QED) is 0.0524. The first kappa shape index (κ1) is 34.6. The van der Waals surface area contributed by atoms with Gasteiger partial charge in [-0.2, -0.15) is 0 Å². The lowest BCUT2D eigenvalue weighted by Crippen LogP contribution is -2.49. The third-order valence-electron chi connectivity index (χ3n) is 6.52. The summed E-state index contributed by atoms with van der Waals surface area (Å²) in [4.78, 5) is 19.2. The summed E-state index contributed by atoms with van der Waals surface area (Å²) in [5.74, 6) is 0. The van der Waals surface area contributed by atoms with Gasteiger partial charge in [0.2, 0.25) is 5.34 Å². The Balaban J connectivity index is 3.55. The van der Waals surface area contributed by atoms with Gasteiger partial charge in [0.15, 0.2) is 0 Å². The molecule has 0 amide bonds. The first-order valence-corrected chi connectivity index (χ1v) is 16.0. The zero-order valence-corrected chi connectivity index (χ0v) is 24.5. The van der Waals surface area contributed by atoms with Gasteiger partial charge in [-0.3, -0.25) is 4.57 Å². The van der Waals surface area contributed by atoms with Gasteiger partial charge in [0, 0.05) is 0 Å². The van der Waals surface area contributed by atoms with E-state index >= 15 is 0 Å². The fourth-order valence-corrected chi connectivity index (χ4v) is 5.54. The topological polar surface area (TPSA) is 77.8 Å². The minimum Gasteiger partial charge on any atom is -0.373 e. The second-order valence-electron chi connectivity index (χ2n) is 11.4. The minimum absolute atomic E-state index is 0.0597. The smallest absolute Gasteiger partial charge is 0.362 e.